The van der Waals surface area contributed by atoms with Crippen molar-refractivity contribution in [2.24, 2.45) is 5.92 Å². The van der Waals surface area contributed by atoms with Gasteiger partial charge in [-0.1, -0.05) is 40.5 Å². The minimum atomic E-state index is -0.175. The van der Waals surface area contributed by atoms with Crippen molar-refractivity contribution >= 4 is 21.8 Å². The van der Waals surface area contributed by atoms with E-state index in [1.54, 1.807) is 0 Å². The lowest BCUT2D eigenvalue weighted by molar-refractivity contribution is -0.121. The number of hydrogen-bond acceptors (Lipinski definition) is 2. The molecule has 1 aliphatic rings. The molecule has 1 saturated carbocycles. The number of carbonyl (C=O) groups is 1. The molecule has 3 nitrogen and oxygen atoms in total. The molecule has 1 aromatic rings. The van der Waals surface area contributed by atoms with E-state index in [1.165, 1.54) is 0 Å². The Kier molecular flexibility index (Phi) is 6.05. The molecule has 4 heteroatoms. The molecule has 2 atom stereocenters. The smallest absolute Gasteiger partial charge is 0.220 e. The van der Waals surface area contributed by atoms with Crippen LogP contribution in [0.3, 0.4) is 0 Å². The molecule has 0 aromatic heterocycles. The topological polar surface area (TPSA) is 49.3 Å². The third kappa shape index (κ3) is 4.91. The Morgan fingerprint density at radius 1 is 1.35 bits per heavy atom. The van der Waals surface area contributed by atoms with Crippen molar-refractivity contribution < 1.29 is 9.90 Å². The predicted octanol–water partition coefficient (Wildman–Crippen LogP) is 3.05. The Hall–Kier alpha value is -0.870. The van der Waals surface area contributed by atoms with E-state index in [0.29, 0.717) is 18.9 Å². The maximum absolute atomic E-state index is 11.9. The largest absolute Gasteiger partial charge is 0.393 e. The molecule has 0 saturated heterocycles. The van der Waals surface area contributed by atoms with Crippen LogP contribution in [-0.2, 0) is 11.2 Å². The minimum Gasteiger partial charge on any atom is -0.393 e. The number of rotatable bonds is 5. The van der Waals surface area contributed by atoms with E-state index >= 15 is 0 Å². The van der Waals surface area contributed by atoms with Crippen LogP contribution in [0.4, 0.5) is 0 Å². The van der Waals surface area contributed by atoms with Gasteiger partial charge < -0.3 is 10.4 Å². The van der Waals surface area contributed by atoms with Crippen LogP contribution in [0.25, 0.3) is 0 Å². The van der Waals surface area contributed by atoms with Gasteiger partial charge in [0.1, 0.15) is 0 Å². The molecule has 1 fully saturated rings. The molecule has 1 aliphatic carbocycles. The van der Waals surface area contributed by atoms with Crippen LogP contribution < -0.4 is 5.32 Å². The Bertz CT molecular complexity index is 450. The van der Waals surface area contributed by atoms with Gasteiger partial charge in [-0.25, -0.2) is 0 Å². The number of carbonyl (C=O) groups excluding carboxylic acids is 1. The standard InChI is InChI=1S/C16H22BrNO2/c17-15-7-2-1-5-13(15)8-9-16(20)18-11-12-4-3-6-14(19)10-12/h1-2,5,7,12,14,19H,3-4,6,8-11H2,(H,18,20)/t12-,14-/m1/s1. The second-order valence-electron chi connectivity index (χ2n) is 5.58. The summed E-state index contributed by atoms with van der Waals surface area (Å²) < 4.78 is 1.06. The zero-order valence-electron chi connectivity index (χ0n) is 11.6. The van der Waals surface area contributed by atoms with Gasteiger partial charge >= 0.3 is 0 Å². The van der Waals surface area contributed by atoms with E-state index in [4.69, 9.17) is 0 Å². The van der Waals surface area contributed by atoms with Crippen molar-refractivity contribution in [1.29, 1.82) is 0 Å². The summed E-state index contributed by atoms with van der Waals surface area (Å²) in [5, 5.41) is 12.6. The van der Waals surface area contributed by atoms with Crippen LogP contribution in [0.15, 0.2) is 28.7 Å². The highest BCUT2D eigenvalue weighted by molar-refractivity contribution is 9.10. The lowest BCUT2D eigenvalue weighted by Gasteiger charge is -2.25. The first-order valence-corrected chi connectivity index (χ1v) is 8.12. The van der Waals surface area contributed by atoms with Gasteiger partial charge in [-0.05, 0) is 43.2 Å². The van der Waals surface area contributed by atoms with Gasteiger partial charge in [-0.2, -0.15) is 0 Å². The summed E-state index contributed by atoms with van der Waals surface area (Å²) >= 11 is 3.50. The van der Waals surface area contributed by atoms with Crippen LogP contribution >= 0.6 is 15.9 Å². The maximum atomic E-state index is 11.9. The number of aliphatic hydroxyl groups excluding tert-OH is 1. The van der Waals surface area contributed by atoms with Gasteiger partial charge in [0.2, 0.25) is 5.91 Å². The highest BCUT2D eigenvalue weighted by atomic mass is 79.9. The molecule has 0 radical (unpaired) electrons. The summed E-state index contributed by atoms with van der Waals surface area (Å²) in [6, 6.07) is 8.00. The predicted molar refractivity (Wildman–Crippen MR) is 83.4 cm³/mol. The summed E-state index contributed by atoms with van der Waals surface area (Å²) in [5.74, 6) is 0.534. The monoisotopic (exact) mass is 339 g/mol. The number of amides is 1. The van der Waals surface area contributed by atoms with Crippen molar-refractivity contribution in [3.05, 3.63) is 34.3 Å². The fourth-order valence-corrected chi connectivity index (χ4v) is 3.23. The number of halogens is 1. The molecule has 0 spiro atoms. The summed E-state index contributed by atoms with van der Waals surface area (Å²) in [6.07, 6.45) is 5.00. The lowest BCUT2D eigenvalue weighted by Crippen LogP contribution is -2.33. The average molecular weight is 340 g/mol. The highest BCUT2D eigenvalue weighted by Gasteiger charge is 2.20. The van der Waals surface area contributed by atoms with Crippen molar-refractivity contribution in [1.82, 2.24) is 5.32 Å². The van der Waals surface area contributed by atoms with Gasteiger partial charge in [0, 0.05) is 17.4 Å². The third-order valence-corrected chi connectivity index (χ3v) is 4.70. The summed E-state index contributed by atoms with van der Waals surface area (Å²) in [7, 11) is 0. The first kappa shape index (κ1) is 15.5. The van der Waals surface area contributed by atoms with Crippen LogP contribution in [0.1, 0.15) is 37.7 Å². The normalized spacial score (nSPS) is 22.5. The van der Waals surface area contributed by atoms with Gasteiger partial charge in [-0.15, -0.1) is 0 Å². The fraction of sp³-hybridized carbons (Fsp3) is 0.562. The molecular weight excluding hydrogens is 318 g/mol. The third-order valence-electron chi connectivity index (χ3n) is 3.92. The van der Waals surface area contributed by atoms with E-state index < -0.39 is 0 Å². The van der Waals surface area contributed by atoms with Crippen molar-refractivity contribution in [3.8, 4) is 0 Å². The lowest BCUT2D eigenvalue weighted by atomic mass is 9.87. The molecule has 20 heavy (non-hydrogen) atoms. The van der Waals surface area contributed by atoms with Gasteiger partial charge in [0.05, 0.1) is 6.10 Å². The van der Waals surface area contributed by atoms with Crippen LogP contribution in [0.5, 0.6) is 0 Å². The molecule has 0 bridgehead atoms. The van der Waals surface area contributed by atoms with Crippen LogP contribution in [0, 0.1) is 5.92 Å². The fourth-order valence-electron chi connectivity index (χ4n) is 2.74. The second kappa shape index (κ2) is 7.79. The van der Waals surface area contributed by atoms with Gasteiger partial charge in [0.15, 0.2) is 0 Å². The highest BCUT2D eigenvalue weighted by Crippen LogP contribution is 2.23. The van der Waals surface area contributed by atoms with E-state index in [0.717, 1.165) is 42.1 Å². The number of nitrogens with one attached hydrogen (secondary N) is 1. The number of aryl methyl sites for hydroxylation is 1. The summed E-state index contributed by atoms with van der Waals surface area (Å²) in [6.45, 7) is 0.700. The van der Waals surface area contributed by atoms with Crippen LogP contribution in [-0.4, -0.2) is 23.7 Å². The van der Waals surface area contributed by atoms with Crippen LogP contribution in [0.2, 0.25) is 0 Å². The molecule has 2 N–H and O–H groups in total. The maximum Gasteiger partial charge on any atom is 0.220 e. The van der Waals surface area contributed by atoms with Gasteiger partial charge in [0.25, 0.3) is 0 Å². The molecule has 110 valence electrons. The zero-order chi connectivity index (χ0) is 14.4. The first-order chi connectivity index (χ1) is 9.65. The van der Waals surface area contributed by atoms with E-state index in [1.807, 2.05) is 24.3 Å². The molecule has 0 aliphatic heterocycles. The van der Waals surface area contributed by atoms with Crippen molar-refractivity contribution in [2.75, 3.05) is 6.54 Å². The Balaban J connectivity index is 1.69. The summed E-state index contributed by atoms with van der Waals surface area (Å²) in [5.41, 5.74) is 1.16. The average Bonchev–Trinajstić information content (AvgIpc) is 2.44. The molecule has 1 aromatic carbocycles. The van der Waals surface area contributed by atoms with E-state index in [2.05, 4.69) is 21.2 Å². The Labute approximate surface area is 128 Å². The Morgan fingerprint density at radius 3 is 2.90 bits per heavy atom. The molecule has 0 unspecified atom stereocenters. The molecular formula is C16H22BrNO2. The quantitative estimate of drug-likeness (QED) is 0.866. The van der Waals surface area contributed by atoms with Crippen molar-refractivity contribution in [3.63, 3.8) is 0 Å². The second-order valence-corrected chi connectivity index (χ2v) is 6.44. The molecule has 2 rings (SSSR count). The van der Waals surface area contributed by atoms with E-state index in [9.17, 15) is 9.90 Å². The Morgan fingerprint density at radius 2 is 2.15 bits per heavy atom. The first-order valence-electron chi connectivity index (χ1n) is 7.33. The van der Waals surface area contributed by atoms with Crippen molar-refractivity contribution in [2.45, 2.75) is 44.6 Å². The SMILES string of the molecule is O=C(CCc1ccccc1Br)NC[C@@H]1CCC[C@@H](O)C1. The number of benzene rings is 1. The summed E-state index contributed by atoms with van der Waals surface area (Å²) in [4.78, 5) is 11.9. The molecule has 1 amide bonds. The van der Waals surface area contributed by atoms with E-state index in [-0.39, 0.29) is 12.0 Å². The zero-order valence-corrected chi connectivity index (χ0v) is 13.2. The number of hydrogen-bond donors (Lipinski definition) is 2. The minimum absolute atomic E-state index is 0.0980. The van der Waals surface area contributed by atoms with Gasteiger partial charge in [-0.3, -0.25) is 4.79 Å². The number of aliphatic hydroxyl groups is 1. The molecule has 0 heterocycles.